The van der Waals surface area contributed by atoms with Gasteiger partial charge in [0.05, 0.1) is 17.9 Å². The number of carboxylic acid groups (broad SMARTS) is 1. The Morgan fingerprint density at radius 3 is 2.50 bits per heavy atom. The Bertz CT molecular complexity index is 1150. The SMILES string of the molecule is CCOc1cc(-c2cc(NCCc3c(F)cc(Br)cc3F)ncn2)ccc1C(=O)C(=O)O. The quantitative estimate of drug-likeness (QED) is 0.326. The molecule has 0 aliphatic carbocycles. The minimum Gasteiger partial charge on any atom is -0.493 e. The highest BCUT2D eigenvalue weighted by atomic mass is 79.9. The summed E-state index contributed by atoms with van der Waals surface area (Å²) in [6.45, 7) is 2.18. The number of benzene rings is 2. The van der Waals surface area contributed by atoms with E-state index in [9.17, 15) is 18.4 Å². The largest absolute Gasteiger partial charge is 0.493 e. The first-order valence-corrected chi connectivity index (χ1v) is 10.3. The third-order valence-electron chi connectivity index (χ3n) is 4.47. The summed E-state index contributed by atoms with van der Waals surface area (Å²) in [5.74, 6) is -3.37. The summed E-state index contributed by atoms with van der Waals surface area (Å²) in [5, 5.41) is 12.0. The van der Waals surface area contributed by atoms with Crippen molar-refractivity contribution >= 4 is 33.5 Å². The first kappa shape index (κ1) is 23.3. The van der Waals surface area contributed by atoms with E-state index in [0.29, 0.717) is 21.5 Å². The molecule has 0 amide bonds. The smallest absolute Gasteiger partial charge is 0.377 e. The monoisotopic (exact) mass is 505 g/mol. The van der Waals surface area contributed by atoms with Crippen molar-refractivity contribution in [2.45, 2.75) is 13.3 Å². The van der Waals surface area contributed by atoms with Gasteiger partial charge in [0.1, 0.15) is 29.5 Å². The van der Waals surface area contributed by atoms with Crippen LogP contribution in [0.2, 0.25) is 0 Å². The zero-order chi connectivity index (χ0) is 23.3. The van der Waals surface area contributed by atoms with Crippen LogP contribution >= 0.6 is 15.9 Å². The summed E-state index contributed by atoms with van der Waals surface area (Å²) in [7, 11) is 0. The molecule has 2 aromatic carbocycles. The molecule has 10 heteroatoms. The third kappa shape index (κ3) is 5.44. The number of hydrogen-bond donors (Lipinski definition) is 2. The second kappa shape index (κ2) is 10.3. The van der Waals surface area contributed by atoms with Gasteiger partial charge < -0.3 is 15.2 Å². The number of carbonyl (C=O) groups excluding carboxylic acids is 1. The van der Waals surface area contributed by atoms with Crippen molar-refractivity contribution in [3.8, 4) is 17.0 Å². The van der Waals surface area contributed by atoms with Crippen molar-refractivity contribution in [1.82, 2.24) is 9.97 Å². The molecule has 0 radical (unpaired) electrons. The van der Waals surface area contributed by atoms with Crippen LogP contribution in [0.4, 0.5) is 14.6 Å². The number of nitrogens with one attached hydrogen (secondary N) is 1. The molecule has 0 aliphatic rings. The number of ether oxygens (including phenoxy) is 1. The number of halogens is 3. The number of ketones is 1. The lowest BCUT2D eigenvalue weighted by Gasteiger charge is -2.11. The number of anilines is 1. The van der Waals surface area contributed by atoms with Gasteiger partial charge in [-0.1, -0.05) is 22.0 Å². The van der Waals surface area contributed by atoms with Crippen molar-refractivity contribution in [2.75, 3.05) is 18.5 Å². The maximum Gasteiger partial charge on any atom is 0.377 e. The van der Waals surface area contributed by atoms with E-state index in [1.807, 2.05) is 0 Å². The van der Waals surface area contributed by atoms with Crippen LogP contribution < -0.4 is 10.1 Å². The van der Waals surface area contributed by atoms with E-state index in [1.165, 1.54) is 30.6 Å². The Kier molecular flexibility index (Phi) is 7.47. The third-order valence-corrected chi connectivity index (χ3v) is 4.93. The molecular formula is C22H18BrF2N3O4. The molecule has 0 unspecified atom stereocenters. The highest BCUT2D eigenvalue weighted by molar-refractivity contribution is 9.10. The first-order valence-electron chi connectivity index (χ1n) is 9.54. The van der Waals surface area contributed by atoms with E-state index in [-0.39, 0.29) is 36.4 Å². The molecule has 3 rings (SSSR count). The predicted octanol–water partition coefficient (Wildman–Crippen LogP) is 4.50. The number of aromatic nitrogens is 2. The van der Waals surface area contributed by atoms with Crippen molar-refractivity contribution in [3.63, 3.8) is 0 Å². The van der Waals surface area contributed by atoms with Crippen molar-refractivity contribution < 1.29 is 28.2 Å². The number of nitrogens with zero attached hydrogens (tertiary/aromatic N) is 2. The number of Topliss-reactive ketones (excluding diaryl/α,β-unsaturated/α-hetero) is 1. The average molecular weight is 506 g/mol. The molecule has 0 saturated heterocycles. The first-order chi connectivity index (χ1) is 15.3. The molecule has 166 valence electrons. The maximum absolute atomic E-state index is 14.0. The van der Waals surface area contributed by atoms with Gasteiger partial charge in [-0.15, -0.1) is 0 Å². The predicted molar refractivity (Wildman–Crippen MR) is 117 cm³/mol. The summed E-state index contributed by atoms with van der Waals surface area (Å²) in [5.41, 5.74) is 0.966. The number of carboxylic acids is 1. The van der Waals surface area contributed by atoms with Crippen molar-refractivity contribution in [1.29, 1.82) is 0 Å². The van der Waals surface area contributed by atoms with Gasteiger partial charge >= 0.3 is 5.97 Å². The molecule has 32 heavy (non-hydrogen) atoms. The lowest BCUT2D eigenvalue weighted by molar-refractivity contribution is -0.131. The van der Waals surface area contributed by atoms with E-state index < -0.39 is 23.4 Å². The van der Waals surface area contributed by atoms with Gasteiger partial charge in [0.15, 0.2) is 0 Å². The Labute approximate surface area is 190 Å². The van der Waals surface area contributed by atoms with Crippen LogP contribution in [0.1, 0.15) is 22.8 Å². The van der Waals surface area contributed by atoms with Gasteiger partial charge in [-0.3, -0.25) is 4.79 Å². The summed E-state index contributed by atoms with van der Waals surface area (Å²) in [6, 6.07) is 8.48. The van der Waals surface area contributed by atoms with Crippen LogP contribution in [0.3, 0.4) is 0 Å². The standard InChI is InChI=1S/C22H18BrF2N3O4/c1-2-32-19-7-12(3-4-15(19)21(29)22(30)31)18-10-20(28-11-27-18)26-6-5-14-16(24)8-13(23)9-17(14)25/h3-4,7-11H,2,5-6H2,1H3,(H,30,31)(H,26,27,28). The topological polar surface area (TPSA) is 101 Å². The minimum atomic E-state index is -1.58. The molecule has 3 aromatic rings. The molecule has 0 fully saturated rings. The van der Waals surface area contributed by atoms with Gasteiger partial charge in [-0.05, 0) is 37.6 Å². The lowest BCUT2D eigenvalue weighted by Crippen LogP contribution is -2.14. The van der Waals surface area contributed by atoms with Gasteiger partial charge in [-0.25, -0.2) is 23.5 Å². The van der Waals surface area contributed by atoms with E-state index >= 15 is 0 Å². The van der Waals surface area contributed by atoms with Crippen LogP contribution in [0.5, 0.6) is 5.75 Å². The molecule has 0 bridgehead atoms. The second-order valence-corrected chi connectivity index (χ2v) is 7.51. The van der Waals surface area contributed by atoms with Gasteiger partial charge in [0, 0.05) is 28.2 Å². The summed E-state index contributed by atoms with van der Waals surface area (Å²) in [6.07, 6.45) is 1.42. The highest BCUT2D eigenvalue weighted by Gasteiger charge is 2.20. The lowest BCUT2D eigenvalue weighted by atomic mass is 10.0. The summed E-state index contributed by atoms with van der Waals surface area (Å²) >= 11 is 3.05. The zero-order valence-electron chi connectivity index (χ0n) is 16.9. The second-order valence-electron chi connectivity index (χ2n) is 6.59. The Hall–Kier alpha value is -3.40. The summed E-state index contributed by atoms with van der Waals surface area (Å²) < 4.78 is 33.7. The Morgan fingerprint density at radius 2 is 1.84 bits per heavy atom. The van der Waals surface area contributed by atoms with Crippen molar-refractivity contribution in [2.24, 2.45) is 0 Å². The van der Waals surface area contributed by atoms with Gasteiger partial charge in [-0.2, -0.15) is 0 Å². The Balaban J connectivity index is 1.78. The van der Waals surface area contributed by atoms with Crippen LogP contribution in [0.15, 0.2) is 47.2 Å². The Morgan fingerprint density at radius 1 is 1.12 bits per heavy atom. The molecule has 2 N–H and O–H groups in total. The van der Waals surface area contributed by atoms with Gasteiger partial charge in [0.2, 0.25) is 0 Å². The zero-order valence-corrected chi connectivity index (χ0v) is 18.4. The minimum absolute atomic E-state index is 0.0324. The summed E-state index contributed by atoms with van der Waals surface area (Å²) in [4.78, 5) is 31.2. The number of aliphatic carboxylic acids is 1. The normalized spacial score (nSPS) is 10.6. The molecule has 1 heterocycles. The molecule has 0 aliphatic heterocycles. The fourth-order valence-electron chi connectivity index (χ4n) is 3.00. The fourth-order valence-corrected chi connectivity index (χ4v) is 3.40. The molecule has 0 saturated carbocycles. The number of rotatable bonds is 9. The molecular weight excluding hydrogens is 488 g/mol. The molecule has 0 spiro atoms. The van der Waals surface area contributed by atoms with E-state index in [2.05, 4.69) is 31.2 Å². The molecule has 0 atom stereocenters. The van der Waals surface area contributed by atoms with Crippen LogP contribution in [-0.2, 0) is 11.2 Å². The number of hydrogen-bond acceptors (Lipinski definition) is 6. The maximum atomic E-state index is 14.0. The van der Waals surface area contributed by atoms with Crippen LogP contribution in [0.25, 0.3) is 11.3 Å². The van der Waals surface area contributed by atoms with Gasteiger partial charge in [0.25, 0.3) is 5.78 Å². The van der Waals surface area contributed by atoms with E-state index in [1.54, 1.807) is 19.1 Å². The van der Waals surface area contributed by atoms with E-state index in [4.69, 9.17) is 9.84 Å². The molecule has 1 aromatic heterocycles. The number of carbonyl (C=O) groups is 2. The fraction of sp³-hybridized carbons (Fsp3) is 0.182. The van der Waals surface area contributed by atoms with E-state index in [0.717, 1.165) is 0 Å². The van der Waals surface area contributed by atoms with Crippen LogP contribution in [-0.4, -0.2) is 40.0 Å². The van der Waals surface area contributed by atoms with Crippen LogP contribution in [0, 0.1) is 11.6 Å². The molecule has 7 nitrogen and oxygen atoms in total. The average Bonchev–Trinajstić information content (AvgIpc) is 2.75. The van der Waals surface area contributed by atoms with Crippen molar-refractivity contribution in [3.05, 3.63) is 70.0 Å². The highest BCUT2D eigenvalue weighted by Crippen LogP contribution is 2.28.